The summed E-state index contributed by atoms with van der Waals surface area (Å²) in [4.78, 5) is 0. The first kappa shape index (κ1) is 11.1. The Kier molecular flexibility index (Phi) is 2.62. The normalized spacial score (nSPS) is 26.8. The summed E-state index contributed by atoms with van der Waals surface area (Å²) in [5, 5.41) is 8.00. The Morgan fingerprint density at radius 2 is 2.35 bits per heavy atom. The first-order valence-corrected chi connectivity index (χ1v) is 6.58. The van der Waals surface area contributed by atoms with E-state index in [0.29, 0.717) is 6.04 Å². The summed E-state index contributed by atoms with van der Waals surface area (Å²) in [7, 11) is 1.97. The molecule has 1 atom stereocenters. The lowest BCUT2D eigenvalue weighted by atomic mass is 9.74. The lowest BCUT2D eigenvalue weighted by molar-refractivity contribution is -0.130. The highest BCUT2D eigenvalue weighted by Gasteiger charge is 2.42. The lowest BCUT2D eigenvalue weighted by Gasteiger charge is -2.47. The standard InChI is InChI=1S/C13H21N3O/c1-10-12(9-16(2)15-10)14-11-4-7-17-13(8-11)5-3-6-13/h9,11,14H,3-8H2,1-2H3. The molecular weight excluding hydrogens is 214 g/mol. The SMILES string of the molecule is Cc1nn(C)cc1NC1CCOC2(CCC2)C1. The number of anilines is 1. The molecule has 1 aromatic heterocycles. The number of nitrogens with zero attached hydrogens (tertiary/aromatic N) is 2. The van der Waals surface area contributed by atoms with E-state index in [9.17, 15) is 0 Å². The van der Waals surface area contributed by atoms with E-state index in [4.69, 9.17) is 4.74 Å². The van der Waals surface area contributed by atoms with Crippen LogP contribution in [0.5, 0.6) is 0 Å². The number of ether oxygens (including phenoxy) is 1. The zero-order chi connectivity index (χ0) is 11.9. The fourth-order valence-corrected chi connectivity index (χ4v) is 3.03. The predicted molar refractivity (Wildman–Crippen MR) is 67.1 cm³/mol. The van der Waals surface area contributed by atoms with E-state index in [2.05, 4.69) is 23.5 Å². The number of aromatic nitrogens is 2. The van der Waals surface area contributed by atoms with Crippen LogP contribution in [0.4, 0.5) is 5.69 Å². The largest absolute Gasteiger partial charge is 0.379 e. The summed E-state index contributed by atoms with van der Waals surface area (Å²) in [6.07, 6.45) is 8.16. The quantitative estimate of drug-likeness (QED) is 0.854. The van der Waals surface area contributed by atoms with E-state index >= 15 is 0 Å². The van der Waals surface area contributed by atoms with Gasteiger partial charge in [-0.25, -0.2) is 0 Å². The highest BCUT2D eigenvalue weighted by molar-refractivity contribution is 5.46. The van der Waals surface area contributed by atoms with Crippen molar-refractivity contribution in [1.82, 2.24) is 9.78 Å². The first-order chi connectivity index (χ1) is 8.17. The highest BCUT2D eigenvalue weighted by atomic mass is 16.5. The third-order valence-corrected chi connectivity index (χ3v) is 4.13. The molecule has 17 heavy (non-hydrogen) atoms. The van der Waals surface area contributed by atoms with Crippen LogP contribution in [0.1, 0.15) is 37.8 Å². The van der Waals surface area contributed by atoms with Crippen LogP contribution in [-0.2, 0) is 11.8 Å². The Bertz CT molecular complexity index is 409. The van der Waals surface area contributed by atoms with Crippen LogP contribution in [0.2, 0.25) is 0 Å². The Hall–Kier alpha value is -1.03. The van der Waals surface area contributed by atoms with Gasteiger partial charge in [-0.2, -0.15) is 5.10 Å². The number of hydrogen-bond donors (Lipinski definition) is 1. The molecule has 2 heterocycles. The Morgan fingerprint density at radius 1 is 1.53 bits per heavy atom. The monoisotopic (exact) mass is 235 g/mol. The second-order valence-corrected chi connectivity index (χ2v) is 5.52. The van der Waals surface area contributed by atoms with Crippen molar-refractivity contribution in [2.45, 2.75) is 50.7 Å². The number of rotatable bonds is 2. The van der Waals surface area contributed by atoms with Gasteiger partial charge in [0.25, 0.3) is 0 Å². The fourth-order valence-electron chi connectivity index (χ4n) is 3.03. The minimum absolute atomic E-state index is 0.214. The molecule has 1 aliphatic carbocycles. The summed E-state index contributed by atoms with van der Waals surface area (Å²) in [5.41, 5.74) is 2.47. The van der Waals surface area contributed by atoms with E-state index in [0.717, 1.165) is 25.1 Å². The third-order valence-electron chi connectivity index (χ3n) is 4.13. The van der Waals surface area contributed by atoms with Crippen molar-refractivity contribution in [3.05, 3.63) is 11.9 Å². The summed E-state index contributed by atoms with van der Waals surface area (Å²) < 4.78 is 7.82. The van der Waals surface area contributed by atoms with Crippen LogP contribution in [0.25, 0.3) is 0 Å². The average Bonchev–Trinajstić information content (AvgIpc) is 2.56. The number of aryl methyl sites for hydroxylation is 2. The molecule has 2 fully saturated rings. The van der Waals surface area contributed by atoms with Gasteiger partial charge in [-0.15, -0.1) is 0 Å². The van der Waals surface area contributed by atoms with Crippen molar-refractivity contribution in [3.63, 3.8) is 0 Å². The van der Waals surface area contributed by atoms with E-state index in [1.807, 2.05) is 11.7 Å². The van der Waals surface area contributed by atoms with Gasteiger partial charge in [0.2, 0.25) is 0 Å². The van der Waals surface area contributed by atoms with Crippen molar-refractivity contribution in [3.8, 4) is 0 Å². The number of hydrogen-bond acceptors (Lipinski definition) is 3. The zero-order valence-corrected chi connectivity index (χ0v) is 10.7. The lowest BCUT2D eigenvalue weighted by Crippen LogP contribution is -2.49. The van der Waals surface area contributed by atoms with E-state index in [1.165, 1.54) is 24.9 Å². The van der Waals surface area contributed by atoms with Crippen molar-refractivity contribution < 1.29 is 4.74 Å². The molecule has 94 valence electrons. The van der Waals surface area contributed by atoms with Gasteiger partial charge in [0.1, 0.15) is 0 Å². The fraction of sp³-hybridized carbons (Fsp3) is 0.769. The molecule has 1 aromatic rings. The maximum atomic E-state index is 5.94. The third kappa shape index (κ3) is 2.06. The van der Waals surface area contributed by atoms with Crippen LogP contribution in [0.3, 0.4) is 0 Å². The summed E-state index contributed by atoms with van der Waals surface area (Å²) in [6.45, 7) is 2.96. The van der Waals surface area contributed by atoms with E-state index < -0.39 is 0 Å². The van der Waals surface area contributed by atoms with E-state index in [-0.39, 0.29) is 5.60 Å². The molecule has 0 bridgehead atoms. The average molecular weight is 235 g/mol. The maximum absolute atomic E-state index is 5.94. The van der Waals surface area contributed by atoms with Gasteiger partial charge in [-0.05, 0) is 39.0 Å². The van der Waals surface area contributed by atoms with Gasteiger partial charge in [0.05, 0.1) is 17.0 Å². The van der Waals surface area contributed by atoms with Crippen LogP contribution in [-0.4, -0.2) is 28.0 Å². The molecule has 1 N–H and O–H groups in total. The van der Waals surface area contributed by atoms with Crippen LogP contribution in [0.15, 0.2) is 6.20 Å². The molecule has 1 saturated carbocycles. The topological polar surface area (TPSA) is 39.1 Å². The molecule has 1 spiro atoms. The Labute approximate surface area is 102 Å². The molecule has 0 aromatic carbocycles. The molecule has 3 rings (SSSR count). The maximum Gasteiger partial charge on any atom is 0.0825 e. The molecule has 1 aliphatic heterocycles. The molecular formula is C13H21N3O. The molecule has 0 radical (unpaired) electrons. The highest BCUT2D eigenvalue weighted by Crippen LogP contribution is 2.42. The molecule has 0 amide bonds. The smallest absolute Gasteiger partial charge is 0.0825 e. The Balaban J connectivity index is 1.67. The predicted octanol–water partition coefficient (Wildman–Crippen LogP) is 2.24. The summed E-state index contributed by atoms with van der Waals surface area (Å²) >= 11 is 0. The molecule has 1 saturated heterocycles. The van der Waals surface area contributed by atoms with Crippen molar-refractivity contribution in [1.29, 1.82) is 0 Å². The minimum atomic E-state index is 0.214. The van der Waals surface area contributed by atoms with Crippen LogP contribution in [0, 0.1) is 6.92 Å². The second-order valence-electron chi connectivity index (χ2n) is 5.52. The van der Waals surface area contributed by atoms with E-state index in [1.54, 1.807) is 0 Å². The first-order valence-electron chi connectivity index (χ1n) is 6.58. The van der Waals surface area contributed by atoms with Crippen molar-refractivity contribution >= 4 is 5.69 Å². The summed E-state index contributed by atoms with van der Waals surface area (Å²) in [5.74, 6) is 0. The van der Waals surface area contributed by atoms with Gasteiger partial charge in [-0.3, -0.25) is 4.68 Å². The minimum Gasteiger partial charge on any atom is -0.379 e. The van der Waals surface area contributed by atoms with Crippen molar-refractivity contribution in [2.75, 3.05) is 11.9 Å². The van der Waals surface area contributed by atoms with Gasteiger partial charge in [-0.1, -0.05) is 0 Å². The molecule has 4 heteroatoms. The van der Waals surface area contributed by atoms with Gasteiger partial charge in [0, 0.05) is 25.9 Å². The van der Waals surface area contributed by atoms with Crippen LogP contribution < -0.4 is 5.32 Å². The van der Waals surface area contributed by atoms with Gasteiger partial charge >= 0.3 is 0 Å². The van der Waals surface area contributed by atoms with Gasteiger partial charge < -0.3 is 10.1 Å². The zero-order valence-electron chi connectivity index (χ0n) is 10.7. The van der Waals surface area contributed by atoms with Crippen molar-refractivity contribution in [2.24, 2.45) is 7.05 Å². The Morgan fingerprint density at radius 3 is 2.94 bits per heavy atom. The number of nitrogens with one attached hydrogen (secondary N) is 1. The second kappa shape index (κ2) is 4.02. The molecule has 1 unspecified atom stereocenters. The summed E-state index contributed by atoms with van der Waals surface area (Å²) in [6, 6.07) is 0.548. The molecule has 4 nitrogen and oxygen atoms in total. The van der Waals surface area contributed by atoms with Crippen LogP contribution >= 0.6 is 0 Å². The molecule has 2 aliphatic rings. The van der Waals surface area contributed by atoms with Gasteiger partial charge in [0.15, 0.2) is 0 Å².